The van der Waals surface area contributed by atoms with Crippen LogP contribution in [0.1, 0.15) is 0 Å². The first-order valence-electron chi connectivity index (χ1n) is 20.1. The second-order valence-electron chi connectivity index (χ2n) is 15.6. The van der Waals surface area contributed by atoms with Crippen molar-refractivity contribution in [1.29, 1.82) is 0 Å². The molecule has 266 valence electrons. The summed E-state index contributed by atoms with van der Waals surface area (Å²) < 4.78 is 4.24. The topological polar surface area (TPSA) is 9.86 Å². The highest BCUT2D eigenvalue weighted by molar-refractivity contribution is 6.69. The van der Waals surface area contributed by atoms with Crippen LogP contribution in [0.15, 0.2) is 164 Å². The van der Waals surface area contributed by atoms with Crippen LogP contribution < -0.4 is 38.2 Å². The van der Waals surface area contributed by atoms with E-state index in [-0.39, 0.29) is 21.9 Å². The summed E-state index contributed by atoms with van der Waals surface area (Å²) in [6, 6.07) is 56.5. The fraction of sp³-hybridized carbons (Fsp3) is 0. The van der Waals surface area contributed by atoms with Crippen LogP contribution >= 0.6 is 0 Å². The van der Waals surface area contributed by atoms with Gasteiger partial charge in [0.1, 0.15) is 54.9 Å². The van der Waals surface area contributed by atoms with Crippen molar-refractivity contribution in [2.24, 2.45) is 0 Å². The Morgan fingerprint density at radius 2 is 0.902 bits per heavy atom. The lowest BCUT2D eigenvalue weighted by molar-refractivity contribution is 1.18. The van der Waals surface area contributed by atoms with Crippen LogP contribution in [0, 0.1) is 0 Å². The van der Waals surface area contributed by atoms with Crippen molar-refractivity contribution >= 4 is 148 Å². The van der Waals surface area contributed by atoms with E-state index >= 15 is 0 Å². The first kappa shape index (κ1) is 37.3. The van der Waals surface area contributed by atoms with Gasteiger partial charge in [-0.3, -0.25) is 0 Å². The highest BCUT2D eigenvalue weighted by Crippen LogP contribution is 2.38. The molecule has 2 nitrogen and oxygen atoms in total. The van der Waals surface area contributed by atoms with Gasteiger partial charge in [0.05, 0.1) is 11.0 Å². The molecule has 9 heteroatoms. The van der Waals surface area contributed by atoms with Crippen molar-refractivity contribution in [2.45, 2.75) is 0 Å². The molecule has 0 aliphatic carbocycles. The largest absolute Gasteiger partial charge is 0.311 e. The third kappa shape index (κ3) is 5.60. The second kappa shape index (κ2) is 14.2. The van der Waals surface area contributed by atoms with Crippen LogP contribution in [0.25, 0.3) is 99.1 Å². The third-order valence-electron chi connectivity index (χ3n) is 12.3. The second-order valence-corrected chi connectivity index (χ2v) is 15.6. The van der Waals surface area contributed by atoms with Gasteiger partial charge in [0, 0.05) is 38.6 Å². The van der Waals surface area contributed by atoms with Gasteiger partial charge in [0.25, 0.3) is 0 Å². The molecule has 0 aliphatic heterocycles. The van der Waals surface area contributed by atoms with E-state index in [1.165, 1.54) is 0 Å². The van der Waals surface area contributed by atoms with Crippen LogP contribution in [0.4, 0.5) is 0 Å². The molecule has 0 bridgehead atoms. The molecule has 2 aromatic heterocycles. The maximum atomic E-state index is 7.35. The summed E-state index contributed by atoms with van der Waals surface area (Å²) in [7, 11) is 48.6. The summed E-state index contributed by atoms with van der Waals surface area (Å²) in [5.41, 5.74) is 12.8. The molecule has 0 amide bonds. The summed E-state index contributed by atoms with van der Waals surface area (Å²) in [5, 5.41) is 5.57. The third-order valence-corrected chi connectivity index (χ3v) is 12.3. The molecule has 0 saturated carbocycles. The Hall–Kier alpha value is -6.71. The maximum Gasteiger partial charge on any atom is 0.115 e. The zero-order valence-electron chi connectivity index (χ0n) is 33.0. The minimum absolute atomic E-state index is 0.178. The highest BCUT2D eigenvalue weighted by atomic mass is 15.0. The van der Waals surface area contributed by atoms with E-state index in [1.54, 1.807) is 0 Å². The Kier molecular flexibility index (Phi) is 8.69. The number of hydrogen-bond donors (Lipinski definition) is 0. The molecule has 9 aromatic carbocycles. The molecule has 0 fully saturated rings. The molecule has 0 unspecified atom stereocenters. The predicted octanol–water partition coefficient (Wildman–Crippen LogP) is 5.59. The van der Waals surface area contributed by atoms with Crippen molar-refractivity contribution in [3.05, 3.63) is 164 Å². The molecule has 0 spiro atoms. The number of nitrogens with zero attached hydrogens (tertiary/aromatic N) is 2. The lowest BCUT2D eigenvalue weighted by Gasteiger charge is -2.19. The molecule has 0 saturated heterocycles. The van der Waals surface area contributed by atoms with Gasteiger partial charge in [-0.25, -0.2) is 0 Å². The standard InChI is InChI=1S/C52H27B7N2/c53-44-41(32-21-25-39-38(26-32)37-24-20-31(28-10-3-1-4-11-28)27-40(37)60(39)33-14-5-2-6-15-33)45(54)49(58)51-42(44)43-46(55)47(56)48(57)50(59)52(43)61(51)34-22-18-30(19-23-34)36-17-9-13-29-12-7-8-16-35(29)36/h1-27H. The van der Waals surface area contributed by atoms with Gasteiger partial charge in [-0.1, -0.05) is 149 Å². The first-order chi connectivity index (χ1) is 29.7. The smallest absolute Gasteiger partial charge is 0.115 e. The molecule has 14 radical (unpaired) electrons. The average Bonchev–Trinajstić information content (AvgIpc) is 3.84. The minimum Gasteiger partial charge on any atom is -0.311 e. The van der Waals surface area contributed by atoms with Crippen molar-refractivity contribution in [2.75, 3.05) is 0 Å². The Morgan fingerprint density at radius 3 is 1.66 bits per heavy atom. The van der Waals surface area contributed by atoms with Crippen molar-refractivity contribution in [1.82, 2.24) is 9.13 Å². The Labute approximate surface area is 363 Å². The monoisotopic (exact) mass is 756 g/mol. The van der Waals surface area contributed by atoms with Gasteiger partial charge in [0.15, 0.2) is 0 Å². The van der Waals surface area contributed by atoms with Crippen LogP contribution in [0.3, 0.4) is 0 Å². The number of para-hydroxylation sites is 1. The lowest BCUT2D eigenvalue weighted by atomic mass is 9.64. The molecule has 11 aromatic rings. The van der Waals surface area contributed by atoms with Crippen LogP contribution in [-0.2, 0) is 0 Å². The van der Waals surface area contributed by atoms with E-state index in [0.29, 0.717) is 43.8 Å². The van der Waals surface area contributed by atoms with Crippen LogP contribution in [0.5, 0.6) is 0 Å². The first-order valence-corrected chi connectivity index (χ1v) is 20.1. The van der Waals surface area contributed by atoms with E-state index in [4.69, 9.17) is 54.9 Å². The maximum absolute atomic E-state index is 7.35. The van der Waals surface area contributed by atoms with Gasteiger partial charge in [-0.05, 0) is 92.0 Å². The zero-order valence-corrected chi connectivity index (χ0v) is 33.0. The number of hydrogen-bond acceptors (Lipinski definition) is 0. The quantitative estimate of drug-likeness (QED) is 0.203. The van der Waals surface area contributed by atoms with Crippen molar-refractivity contribution in [3.8, 4) is 44.8 Å². The fourth-order valence-electron chi connectivity index (χ4n) is 9.37. The molecule has 61 heavy (non-hydrogen) atoms. The number of rotatable bonds is 5. The number of aromatic nitrogens is 2. The van der Waals surface area contributed by atoms with Gasteiger partial charge in [0.2, 0.25) is 0 Å². The average molecular weight is 755 g/mol. The summed E-state index contributed by atoms with van der Waals surface area (Å²) >= 11 is 0. The van der Waals surface area contributed by atoms with E-state index in [0.717, 1.165) is 71.8 Å². The molecular formula is C52H27B7N2. The Bertz CT molecular complexity index is 3590. The molecular weight excluding hydrogens is 728 g/mol. The van der Waals surface area contributed by atoms with E-state index < -0.39 is 0 Å². The van der Waals surface area contributed by atoms with E-state index in [9.17, 15) is 0 Å². The summed E-state index contributed by atoms with van der Waals surface area (Å²) in [5.74, 6) is 0. The minimum atomic E-state index is 0.178. The molecule has 0 aliphatic rings. The molecule has 2 heterocycles. The SMILES string of the molecule is [B]c1c([B])c([B])c2c(c1[B])c1c([B])c(-c3ccc4c(c3)c3ccc(-c5ccccc5)cc3n4-c3ccccc3)c([B])c([B])c1n2-c1ccc(-c2cccc3ccccc23)cc1. The normalized spacial score (nSPS) is 11.7. The van der Waals surface area contributed by atoms with E-state index in [1.807, 2.05) is 41.0 Å². The van der Waals surface area contributed by atoms with Gasteiger partial charge < -0.3 is 9.13 Å². The van der Waals surface area contributed by atoms with Gasteiger partial charge in [-0.15, -0.1) is 10.9 Å². The lowest BCUT2D eigenvalue weighted by Crippen LogP contribution is -2.48. The van der Waals surface area contributed by atoms with Crippen LogP contribution in [0.2, 0.25) is 0 Å². The molecule has 0 N–H and O–H groups in total. The molecule has 0 atom stereocenters. The predicted molar refractivity (Wildman–Crippen MR) is 267 cm³/mol. The van der Waals surface area contributed by atoms with E-state index in [2.05, 4.69) is 132 Å². The highest BCUT2D eigenvalue weighted by Gasteiger charge is 2.25. The van der Waals surface area contributed by atoms with Crippen LogP contribution in [-0.4, -0.2) is 64.1 Å². The fourth-order valence-corrected chi connectivity index (χ4v) is 9.37. The van der Waals surface area contributed by atoms with Gasteiger partial charge >= 0.3 is 0 Å². The van der Waals surface area contributed by atoms with Crippen molar-refractivity contribution in [3.63, 3.8) is 0 Å². The van der Waals surface area contributed by atoms with Crippen molar-refractivity contribution < 1.29 is 0 Å². The summed E-state index contributed by atoms with van der Waals surface area (Å²) in [4.78, 5) is 0. The summed E-state index contributed by atoms with van der Waals surface area (Å²) in [6.07, 6.45) is 0. The number of fused-ring (bicyclic) bond motifs is 7. The van der Waals surface area contributed by atoms with Gasteiger partial charge in [-0.2, -0.15) is 0 Å². The zero-order chi connectivity index (χ0) is 41.7. The Balaban J connectivity index is 1.16. The number of benzene rings is 9. The molecule has 11 rings (SSSR count). The Morgan fingerprint density at radius 1 is 0.311 bits per heavy atom. The summed E-state index contributed by atoms with van der Waals surface area (Å²) in [6.45, 7) is 0.